The van der Waals surface area contributed by atoms with Gasteiger partial charge in [-0.1, -0.05) is 19.8 Å². The highest BCUT2D eigenvalue weighted by molar-refractivity contribution is 6.03. The summed E-state index contributed by atoms with van der Waals surface area (Å²) >= 11 is 0. The lowest BCUT2D eigenvalue weighted by molar-refractivity contribution is -0.117. The fourth-order valence-electron chi connectivity index (χ4n) is 1.89. The molecule has 1 atom stereocenters. The van der Waals surface area contributed by atoms with E-state index in [9.17, 15) is 13.6 Å². The molecule has 0 radical (unpaired) electrons. The average molecular weight is 240 g/mol. The molecule has 1 aliphatic rings. The molecule has 3 nitrogen and oxygen atoms in total. The van der Waals surface area contributed by atoms with E-state index in [0.717, 1.165) is 18.9 Å². The van der Waals surface area contributed by atoms with Crippen molar-refractivity contribution >= 4 is 17.3 Å². The Labute approximate surface area is 98.2 Å². The molecule has 0 saturated carbocycles. The molecule has 0 saturated heterocycles. The molecule has 2 rings (SSSR count). The van der Waals surface area contributed by atoms with Gasteiger partial charge in [-0.25, -0.2) is 8.78 Å². The maximum absolute atomic E-state index is 13.4. The Morgan fingerprint density at radius 1 is 1.35 bits per heavy atom. The van der Waals surface area contributed by atoms with Crippen LogP contribution in [0.25, 0.3) is 0 Å². The van der Waals surface area contributed by atoms with Crippen molar-refractivity contribution in [2.24, 2.45) is 0 Å². The van der Waals surface area contributed by atoms with Crippen molar-refractivity contribution in [2.45, 2.75) is 32.2 Å². The number of unbranched alkanes of at least 4 members (excludes halogenated alkanes) is 1. The van der Waals surface area contributed by atoms with E-state index in [1.165, 1.54) is 6.07 Å². The van der Waals surface area contributed by atoms with Crippen molar-refractivity contribution in [3.63, 3.8) is 0 Å². The van der Waals surface area contributed by atoms with Crippen LogP contribution in [0.2, 0.25) is 0 Å². The van der Waals surface area contributed by atoms with Gasteiger partial charge in [-0.2, -0.15) is 0 Å². The summed E-state index contributed by atoms with van der Waals surface area (Å²) in [5, 5.41) is 5.34. The van der Waals surface area contributed by atoms with E-state index in [0.29, 0.717) is 12.1 Å². The number of carbonyl (C=O) groups excluding carboxylic acids is 1. The quantitative estimate of drug-likeness (QED) is 0.853. The summed E-state index contributed by atoms with van der Waals surface area (Å²) in [4.78, 5) is 11.7. The molecule has 0 spiro atoms. The first-order valence-electron chi connectivity index (χ1n) is 5.68. The van der Waals surface area contributed by atoms with E-state index in [-0.39, 0.29) is 11.6 Å². The van der Waals surface area contributed by atoms with Crippen LogP contribution < -0.4 is 10.6 Å². The molecule has 92 valence electrons. The van der Waals surface area contributed by atoms with E-state index in [2.05, 4.69) is 10.6 Å². The maximum atomic E-state index is 13.4. The topological polar surface area (TPSA) is 41.1 Å². The number of amides is 1. The van der Waals surface area contributed by atoms with Crippen LogP contribution in [-0.2, 0) is 4.79 Å². The van der Waals surface area contributed by atoms with Crippen LogP contribution in [0.15, 0.2) is 12.1 Å². The maximum Gasteiger partial charge on any atom is 0.246 e. The third-order valence-corrected chi connectivity index (χ3v) is 2.80. The third-order valence-electron chi connectivity index (χ3n) is 2.80. The van der Waals surface area contributed by atoms with Crippen molar-refractivity contribution in [3.8, 4) is 0 Å². The van der Waals surface area contributed by atoms with Gasteiger partial charge in [0.1, 0.15) is 17.5 Å². The van der Waals surface area contributed by atoms with Gasteiger partial charge in [0, 0.05) is 6.07 Å². The molecule has 0 bridgehead atoms. The number of rotatable bonds is 3. The van der Waals surface area contributed by atoms with Crippen molar-refractivity contribution in [1.29, 1.82) is 0 Å². The standard InChI is InChI=1S/C12H14F2N2O/c1-2-3-4-9-12(17)16-11-8(14)5-7(13)6-10(11)15-9/h5-6,9,15H,2-4H2,1H3,(H,16,17). The van der Waals surface area contributed by atoms with Gasteiger partial charge in [0.2, 0.25) is 5.91 Å². The first-order chi connectivity index (χ1) is 8.11. The van der Waals surface area contributed by atoms with Crippen LogP contribution in [0.1, 0.15) is 26.2 Å². The molecule has 17 heavy (non-hydrogen) atoms. The van der Waals surface area contributed by atoms with E-state index >= 15 is 0 Å². The summed E-state index contributed by atoms with van der Waals surface area (Å²) < 4.78 is 26.4. The second-order valence-electron chi connectivity index (χ2n) is 4.14. The van der Waals surface area contributed by atoms with E-state index < -0.39 is 17.7 Å². The van der Waals surface area contributed by atoms with Crippen LogP contribution in [0.3, 0.4) is 0 Å². The highest BCUT2D eigenvalue weighted by atomic mass is 19.1. The lowest BCUT2D eigenvalue weighted by Crippen LogP contribution is -2.39. The number of fused-ring (bicyclic) bond motifs is 1. The Kier molecular flexibility index (Phi) is 3.26. The highest BCUT2D eigenvalue weighted by Crippen LogP contribution is 2.31. The monoisotopic (exact) mass is 240 g/mol. The van der Waals surface area contributed by atoms with Gasteiger partial charge in [0.25, 0.3) is 0 Å². The van der Waals surface area contributed by atoms with E-state index in [1.54, 1.807) is 0 Å². The molecule has 0 aliphatic carbocycles. The van der Waals surface area contributed by atoms with Gasteiger partial charge < -0.3 is 10.6 Å². The van der Waals surface area contributed by atoms with Crippen molar-refractivity contribution < 1.29 is 13.6 Å². The van der Waals surface area contributed by atoms with Gasteiger partial charge >= 0.3 is 0 Å². The summed E-state index contributed by atoms with van der Waals surface area (Å²) in [5.74, 6) is -1.68. The molecule has 1 aliphatic heterocycles. The van der Waals surface area contributed by atoms with Crippen molar-refractivity contribution in [3.05, 3.63) is 23.8 Å². The number of benzene rings is 1. The molecule has 5 heteroatoms. The third kappa shape index (κ3) is 2.38. The summed E-state index contributed by atoms with van der Waals surface area (Å²) in [7, 11) is 0. The summed E-state index contributed by atoms with van der Waals surface area (Å²) in [5.41, 5.74) is 0.340. The number of halogens is 2. The molecule has 1 aromatic carbocycles. The predicted octanol–water partition coefficient (Wildman–Crippen LogP) is 2.89. The van der Waals surface area contributed by atoms with Crippen molar-refractivity contribution in [2.75, 3.05) is 10.6 Å². The summed E-state index contributed by atoms with van der Waals surface area (Å²) in [6.07, 6.45) is 2.51. The molecule has 1 unspecified atom stereocenters. The first kappa shape index (κ1) is 11.8. The minimum absolute atomic E-state index is 0.0316. The summed E-state index contributed by atoms with van der Waals surface area (Å²) in [6.45, 7) is 2.02. The van der Waals surface area contributed by atoms with Gasteiger partial charge in [0.15, 0.2) is 5.82 Å². The minimum Gasteiger partial charge on any atom is -0.372 e. The second-order valence-corrected chi connectivity index (χ2v) is 4.14. The zero-order valence-corrected chi connectivity index (χ0v) is 9.52. The Morgan fingerprint density at radius 3 is 2.82 bits per heavy atom. The molecular weight excluding hydrogens is 226 g/mol. The van der Waals surface area contributed by atoms with Crippen LogP contribution in [-0.4, -0.2) is 11.9 Å². The van der Waals surface area contributed by atoms with Crippen LogP contribution >= 0.6 is 0 Å². The fourth-order valence-corrected chi connectivity index (χ4v) is 1.89. The lowest BCUT2D eigenvalue weighted by atomic mass is 10.1. The molecule has 2 N–H and O–H groups in total. The van der Waals surface area contributed by atoms with Crippen LogP contribution in [0, 0.1) is 11.6 Å². The molecule has 0 fully saturated rings. The van der Waals surface area contributed by atoms with Gasteiger partial charge in [-0.15, -0.1) is 0 Å². The first-order valence-corrected chi connectivity index (χ1v) is 5.68. The fraction of sp³-hybridized carbons (Fsp3) is 0.417. The molecular formula is C12H14F2N2O. The van der Waals surface area contributed by atoms with Gasteiger partial charge in [-0.05, 0) is 12.5 Å². The zero-order valence-electron chi connectivity index (χ0n) is 9.52. The molecule has 1 heterocycles. The van der Waals surface area contributed by atoms with Crippen LogP contribution in [0.5, 0.6) is 0 Å². The van der Waals surface area contributed by atoms with E-state index in [1.807, 2.05) is 6.92 Å². The van der Waals surface area contributed by atoms with Crippen LogP contribution in [0.4, 0.5) is 20.2 Å². The molecule has 1 aromatic rings. The second kappa shape index (κ2) is 4.69. The summed E-state index contributed by atoms with van der Waals surface area (Å²) in [6, 6.07) is 1.54. The lowest BCUT2D eigenvalue weighted by Gasteiger charge is -2.27. The largest absolute Gasteiger partial charge is 0.372 e. The average Bonchev–Trinajstić information content (AvgIpc) is 2.27. The van der Waals surface area contributed by atoms with Crippen molar-refractivity contribution in [1.82, 2.24) is 0 Å². The molecule has 0 aromatic heterocycles. The zero-order chi connectivity index (χ0) is 12.4. The highest BCUT2D eigenvalue weighted by Gasteiger charge is 2.27. The normalized spacial score (nSPS) is 18.3. The number of carbonyl (C=O) groups is 1. The molecule has 1 amide bonds. The predicted molar refractivity (Wildman–Crippen MR) is 61.9 cm³/mol. The Bertz CT molecular complexity index is 448. The van der Waals surface area contributed by atoms with Gasteiger partial charge in [0.05, 0.1) is 5.69 Å². The number of hydrogen-bond acceptors (Lipinski definition) is 2. The Balaban J connectivity index is 2.24. The minimum atomic E-state index is -0.755. The number of hydrogen-bond donors (Lipinski definition) is 2. The number of nitrogens with one attached hydrogen (secondary N) is 2. The van der Waals surface area contributed by atoms with E-state index in [4.69, 9.17) is 0 Å². The van der Waals surface area contributed by atoms with Gasteiger partial charge in [-0.3, -0.25) is 4.79 Å². The number of anilines is 2. The smallest absolute Gasteiger partial charge is 0.246 e. The Hall–Kier alpha value is -1.65. The SMILES string of the molecule is CCCCC1Nc2cc(F)cc(F)c2NC1=O. The Morgan fingerprint density at radius 2 is 2.12 bits per heavy atom.